The number of hydrogen-bond donors (Lipinski definition) is 1. The minimum absolute atomic E-state index is 0.504. The van der Waals surface area contributed by atoms with Crippen molar-refractivity contribution in [3.63, 3.8) is 0 Å². The summed E-state index contributed by atoms with van der Waals surface area (Å²) in [5, 5.41) is 3.44. The predicted octanol–water partition coefficient (Wildman–Crippen LogP) is 3.87. The van der Waals surface area contributed by atoms with Gasteiger partial charge in [0.25, 0.3) is 0 Å². The lowest BCUT2D eigenvalue weighted by atomic mass is 10.1. The number of hydrogen-bond acceptors (Lipinski definition) is 2. The first-order valence-electron chi connectivity index (χ1n) is 6.31. The fourth-order valence-electron chi connectivity index (χ4n) is 1.66. The molecule has 0 radical (unpaired) electrons. The van der Waals surface area contributed by atoms with Gasteiger partial charge in [0.05, 0.1) is 0 Å². The summed E-state index contributed by atoms with van der Waals surface area (Å²) in [5.41, 5.74) is 3.92. The second-order valence-electron chi connectivity index (χ2n) is 4.81. The minimum atomic E-state index is 0.504. The first kappa shape index (κ1) is 15.1. The monoisotopic (exact) mass is 267 g/mol. The molecule has 0 saturated heterocycles. The fourth-order valence-corrected chi connectivity index (χ4v) is 1.73. The summed E-state index contributed by atoms with van der Waals surface area (Å²) in [6.07, 6.45) is 1.78. The maximum atomic E-state index is 5.68. The van der Waals surface area contributed by atoms with Crippen LogP contribution in [0.1, 0.15) is 25.0 Å². The summed E-state index contributed by atoms with van der Waals surface area (Å²) >= 11 is 5.48. The summed E-state index contributed by atoms with van der Waals surface area (Å²) in [4.78, 5) is 0. The molecule has 100 valence electrons. The number of rotatable bonds is 7. The van der Waals surface area contributed by atoms with E-state index >= 15 is 0 Å². The lowest BCUT2D eigenvalue weighted by Gasteiger charge is -2.13. The van der Waals surface area contributed by atoms with Gasteiger partial charge in [-0.3, -0.25) is 0 Å². The molecule has 18 heavy (non-hydrogen) atoms. The Labute approximate surface area is 115 Å². The van der Waals surface area contributed by atoms with Gasteiger partial charge < -0.3 is 10.1 Å². The van der Waals surface area contributed by atoms with Crippen LogP contribution in [0.5, 0.6) is 5.75 Å². The molecule has 1 aromatic rings. The van der Waals surface area contributed by atoms with Crippen LogP contribution in [0.3, 0.4) is 0 Å². The number of benzene rings is 1. The first-order chi connectivity index (χ1) is 8.63. The van der Waals surface area contributed by atoms with Crippen molar-refractivity contribution in [2.75, 3.05) is 13.2 Å². The summed E-state index contributed by atoms with van der Waals surface area (Å²) in [6.45, 7) is 8.84. The van der Waals surface area contributed by atoms with E-state index in [0.717, 1.165) is 18.8 Å². The van der Waals surface area contributed by atoms with E-state index in [1.807, 2.05) is 6.07 Å². The lowest BCUT2D eigenvalue weighted by Crippen LogP contribution is -2.19. The molecule has 0 fully saturated rings. The normalized spacial score (nSPS) is 11.4. The van der Waals surface area contributed by atoms with Gasteiger partial charge in [0.15, 0.2) is 0 Å². The molecule has 0 heterocycles. The Balaban J connectivity index is 2.64. The van der Waals surface area contributed by atoms with Crippen molar-refractivity contribution in [2.24, 2.45) is 5.92 Å². The quantitative estimate of drug-likeness (QED) is 0.810. The molecular formula is C15H22ClNO. The zero-order chi connectivity index (χ0) is 13.4. The summed E-state index contributed by atoms with van der Waals surface area (Å²) in [7, 11) is 0. The highest BCUT2D eigenvalue weighted by atomic mass is 35.5. The van der Waals surface area contributed by atoms with Gasteiger partial charge in [-0.25, -0.2) is 0 Å². The van der Waals surface area contributed by atoms with Gasteiger partial charge in [0.2, 0.25) is 0 Å². The average molecular weight is 268 g/mol. The van der Waals surface area contributed by atoms with E-state index < -0.39 is 0 Å². The summed E-state index contributed by atoms with van der Waals surface area (Å²) in [6, 6.07) is 6.24. The van der Waals surface area contributed by atoms with E-state index in [0.29, 0.717) is 12.5 Å². The molecule has 1 N–H and O–H groups in total. The van der Waals surface area contributed by atoms with Crippen LogP contribution in [0.4, 0.5) is 0 Å². The van der Waals surface area contributed by atoms with E-state index in [2.05, 4.69) is 38.2 Å². The van der Waals surface area contributed by atoms with Gasteiger partial charge in [-0.1, -0.05) is 43.1 Å². The van der Waals surface area contributed by atoms with Gasteiger partial charge in [0.1, 0.15) is 12.4 Å². The van der Waals surface area contributed by atoms with Crippen LogP contribution < -0.4 is 10.1 Å². The molecule has 0 amide bonds. The Morgan fingerprint density at radius 3 is 2.83 bits per heavy atom. The van der Waals surface area contributed by atoms with E-state index in [1.54, 1.807) is 6.08 Å². The molecule has 0 aliphatic rings. The maximum absolute atomic E-state index is 5.68. The molecule has 1 aromatic carbocycles. The number of halogens is 1. The van der Waals surface area contributed by atoms with Crippen LogP contribution in [0.2, 0.25) is 0 Å². The SMILES string of the molecule is Cc1ccc(OCC=CCl)c(CNCC(C)C)c1. The maximum Gasteiger partial charge on any atom is 0.124 e. The van der Waals surface area contributed by atoms with Crippen molar-refractivity contribution >= 4 is 11.6 Å². The van der Waals surface area contributed by atoms with E-state index in [-0.39, 0.29) is 0 Å². The van der Waals surface area contributed by atoms with Crippen LogP contribution >= 0.6 is 11.6 Å². The highest BCUT2D eigenvalue weighted by Crippen LogP contribution is 2.20. The molecule has 0 saturated carbocycles. The molecule has 0 aliphatic heterocycles. The average Bonchev–Trinajstić information content (AvgIpc) is 2.31. The predicted molar refractivity (Wildman–Crippen MR) is 78.2 cm³/mol. The number of ether oxygens (including phenoxy) is 1. The standard InChI is InChI=1S/C15H22ClNO/c1-12(2)10-17-11-14-9-13(3)5-6-15(14)18-8-4-7-16/h4-7,9,12,17H,8,10-11H2,1-3H3. The third-order valence-corrected chi connectivity index (χ3v) is 2.69. The summed E-state index contributed by atoms with van der Waals surface area (Å²) < 4.78 is 5.68. The lowest BCUT2D eigenvalue weighted by molar-refractivity contribution is 0.357. The van der Waals surface area contributed by atoms with Crippen molar-refractivity contribution in [1.82, 2.24) is 5.32 Å². The van der Waals surface area contributed by atoms with Crippen molar-refractivity contribution in [3.8, 4) is 5.75 Å². The molecule has 1 rings (SSSR count). The van der Waals surface area contributed by atoms with Crippen LogP contribution in [0.15, 0.2) is 29.8 Å². The van der Waals surface area contributed by atoms with Gasteiger partial charge in [-0.05, 0) is 31.5 Å². The molecule has 0 atom stereocenters. The van der Waals surface area contributed by atoms with E-state index in [1.165, 1.54) is 16.7 Å². The molecule has 0 aromatic heterocycles. The third-order valence-electron chi connectivity index (χ3n) is 2.51. The summed E-state index contributed by atoms with van der Waals surface area (Å²) in [5.74, 6) is 1.57. The van der Waals surface area contributed by atoms with Gasteiger partial charge in [-0.15, -0.1) is 0 Å². The van der Waals surface area contributed by atoms with Crippen LogP contribution in [-0.4, -0.2) is 13.2 Å². The van der Waals surface area contributed by atoms with Gasteiger partial charge >= 0.3 is 0 Å². The molecule has 0 spiro atoms. The topological polar surface area (TPSA) is 21.3 Å². The van der Waals surface area contributed by atoms with Gasteiger partial charge in [-0.2, -0.15) is 0 Å². The molecule has 0 aliphatic carbocycles. The van der Waals surface area contributed by atoms with Crippen LogP contribution in [0.25, 0.3) is 0 Å². The zero-order valence-electron chi connectivity index (χ0n) is 11.4. The molecular weight excluding hydrogens is 246 g/mol. The minimum Gasteiger partial charge on any atom is -0.489 e. The Morgan fingerprint density at radius 1 is 1.39 bits per heavy atom. The highest BCUT2D eigenvalue weighted by Gasteiger charge is 2.04. The van der Waals surface area contributed by atoms with Gasteiger partial charge in [0, 0.05) is 17.6 Å². The second-order valence-corrected chi connectivity index (χ2v) is 5.06. The van der Waals surface area contributed by atoms with Crippen molar-refractivity contribution in [1.29, 1.82) is 0 Å². The van der Waals surface area contributed by atoms with Crippen molar-refractivity contribution in [2.45, 2.75) is 27.3 Å². The smallest absolute Gasteiger partial charge is 0.124 e. The third kappa shape index (κ3) is 5.56. The largest absolute Gasteiger partial charge is 0.489 e. The molecule has 0 unspecified atom stereocenters. The number of nitrogens with one attached hydrogen (secondary N) is 1. The Morgan fingerprint density at radius 2 is 2.17 bits per heavy atom. The Hall–Kier alpha value is -0.990. The fraction of sp³-hybridized carbons (Fsp3) is 0.467. The first-order valence-corrected chi connectivity index (χ1v) is 6.75. The van der Waals surface area contributed by atoms with Crippen LogP contribution in [0, 0.1) is 12.8 Å². The van der Waals surface area contributed by atoms with E-state index in [9.17, 15) is 0 Å². The molecule has 3 heteroatoms. The molecule has 0 bridgehead atoms. The highest BCUT2D eigenvalue weighted by molar-refractivity contribution is 6.25. The van der Waals surface area contributed by atoms with Crippen molar-refractivity contribution < 1.29 is 4.74 Å². The Kier molecular flexibility index (Phi) is 6.84. The van der Waals surface area contributed by atoms with Crippen molar-refractivity contribution in [3.05, 3.63) is 40.9 Å². The molecule has 2 nitrogen and oxygen atoms in total. The Bertz CT molecular complexity index is 388. The number of aryl methyl sites for hydroxylation is 1. The van der Waals surface area contributed by atoms with E-state index in [4.69, 9.17) is 16.3 Å². The zero-order valence-corrected chi connectivity index (χ0v) is 12.1. The second kappa shape index (κ2) is 8.17. The van der Waals surface area contributed by atoms with Crippen LogP contribution in [-0.2, 0) is 6.54 Å².